The van der Waals surface area contributed by atoms with Gasteiger partial charge in [-0.1, -0.05) is 36.4 Å². The summed E-state index contributed by atoms with van der Waals surface area (Å²) in [5.74, 6) is 0. The lowest BCUT2D eigenvalue weighted by Crippen LogP contribution is -2.41. The lowest BCUT2D eigenvalue weighted by atomic mass is 10.1. The molecule has 0 aliphatic rings. The highest BCUT2D eigenvalue weighted by Gasteiger charge is 2.06. The standard InChI is InChI=1S/C19H24N4S2/c1-12-7-5-8-13(2)16(12)22-18(24)20-11-21-19(25)23-17-14(3)9-6-10-15(17)4/h5-10H,11H2,1-4H3,(H2,20,22,24)(H2,21,23,25). The number of benzene rings is 2. The van der Waals surface area contributed by atoms with E-state index >= 15 is 0 Å². The molecule has 25 heavy (non-hydrogen) atoms. The number of anilines is 2. The second-order valence-electron chi connectivity index (χ2n) is 5.97. The van der Waals surface area contributed by atoms with Crippen molar-refractivity contribution in [2.24, 2.45) is 0 Å². The van der Waals surface area contributed by atoms with Gasteiger partial charge in [-0.25, -0.2) is 0 Å². The molecule has 4 N–H and O–H groups in total. The van der Waals surface area contributed by atoms with E-state index in [0.29, 0.717) is 16.9 Å². The van der Waals surface area contributed by atoms with Gasteiger partial charge in [0.1, 0.15) is 0 Å². The molecule has 0 heterocycles. The summed E-state index contributed by atoms with van der Waals surface area (Å²) in [7, 11) is 0. The number of para-hydroxylation sites is 2. The van der Waals surface area contributed by atoms with Gasteiger partial charge in [-0.3, -0.25) is 0 Å². The van der Waals surface area contributed by atoms with Crippen molar-refractivity contribution < 1.29 is 0 Å². The first-order valence-electron chi connectivity index (χ1n) is 8.10. The fraction of sp³-hybridized carbons (Fsp3) is 0.263. The van der Waals surface area contributed by atoms with Crippen molar-refractivity contribution in [1.82, 2.24) is 10.6 Å². The molecule has 2 rings (SSSR count). The van der Waals surface area contributed by atoms with Crippen LogP contribution in [0.25, 0.3) is 0 Å². The van der Waals surface area contributed by atoms with Crippen LogP contribution in [0.2, 0.25) is 0 Å². The van der Waals surface area contributed by atoms with E-state index in [1.54, 1.807) is 0 Å². The summed E-state index contributed by atoms with van der Waals surface area (Å²) in [6, 6.07) is 12.3. The summed E-state index contributed by atoms with van der Waals surface area (Å²) >= 11 is 10.7. The van der Waals surface area contributed by atoms with Crippen molar-refractivity contribution in [3.8, 4) is 0 Å². The van der Waals surface area contributed by atoms with Crippen molar-refractivity contribution in [2.45, 2.75) is 27.7 Å². The molecule has 0 radical (unpaired) electrons. The minimum absolute atomic E-state index is 0.438. The monoisotopic (exact) mass is 372 g/mol. The van der Waals surface area contributed by atoms with E-state index < -0.39 is 0 Å². The quantitative estimate of drug-likeness (QED) is 0.478. The lowest BCUT2D eigenvalue weighted by molar-refractivity contribution is 0.843. The Balaban J connectivity index is 1.82. The first-order chi connectivity index (χ1) is 11.9. The molecule has 0 saturated heterocycles. The zero-order chi connectivity index (χ0) is 18.4. The van der Waals surface area contributed by atoms with E-state index in [2.05, 4.69) is 73.2 Å². The van der Waals surface area contributed by atoms with E-state index in [1.165, 1.54) is 0 Å². The predicted molar refractivity (Wildman–Crippen MR) is 115 cm³/mol. The van der Waals surface area contributed by atoms with Crippen molar-refractivity contribution >= 4 is 46.0 Å². The van der Waals surface area contributed by atoms with Gasteiger partial charge >= 0.3 is 0 Å². The molecule has 132 valence electrons. The smallest absolute Gasteiger partial charge is 0.172 e. The molecule has 0 atom stereocenters. The molecule has 0 aliphatic carbocycles. The summed E-state index contributed by atoms with van der Waals surface area (Å²) < 4.78 is 0. The van der Waals surface area contributed by atoms with Gasteiger partial charge in [0, 0.05) is 11.4 Å². The van der Waals surface area contributed by atoms with Crippen LogP contribution in [0.4, 0.5) is 11.4 Å². The highest BCUT2D eigenvalue weighted by molar-refractivity contribution is 7.80. The number of aryl methyl sites for hydroxylation is 4. The maximum atomic E-state index is 5.35. The molecule has 0 aliphatic heterocycles. The predicted octanol–water partition coefficient (Wildman–Crippen LogP) is 4.15. The molecule has 0 fully saturated rings. The van der Waals surface area contributed by atoms with Crippen LogP contribution >= 0.6 is 24.4 Å². The zero-order valence-electron chi connectivity index (χ0n) is 15.0. The SMILES string of the molecule is Cc1cccc(C)c1NC(=S)NCNC(=S)Nc1c(C)cccc1C. The molecular formula is C19H24N4S2. The molecular weight excluding hydrogens is 348 g/mol. The first-order valence-corrected chi connectivity index (χ1v) is 8.92. The van der Waals surface area contributed by atoms with Crippen LogP contribution < -0.4 is 21.3 Å². The van der Waals surface area contributed by atoms with Gasteiger partial charge in [0.25, 0.3) is 0 Å². The Bertz CT molecular complexity index is 681. The van der Waals surface area contributed by atoms with Gasteiger partial charge in [0.15, 0.2) is 10.2 Å². The molecule has 0 unspecified atom stereocenters. The zero-order valence-corrected chi connectivity index (χ0v) is 16.6. The molecule has 0 aromatic heterocycles. The topological polar surface area (TPSA) is 48.1 Å². The maximum absolute atomic E-state index is 5.35. The minimum Gasteiger partial charge on any atom is -0.345 e. The van der Waals surface area contributed by atoms with E-state index in [4.69, 9.17) is 24.4 Å². The van der Waals surface area contributed by atoms with Crippen LogP contribution in [-0.2, 0) is 0 Å². The average Bonchev–Trinajstić information content (AvgIpc) is 2.55. The molecule has 2 aromatic carbocycles. The van der Waals surface area contributed by atoms with Gasteiger partial charge in [-0.2, -0.15) is 0 Å². The third-order valence-electron chi connectivity index (χ3n) is 3.94. The van der Waals surface area contributed by atoms with Crippen molar-refractivity contribution in [1.29, 1.82) is 0 Å². The maximum Gasteiger partial charge on any atom is 0.172 e. The normalized spacial score (nSPS) is 10.1. The van der Waals surface area contributed by atoms with Crippen molar-refractivity contribution in [2.75, 3.05) is 17.3 Å². The van der Waals surface area contributed by atoms with Gasteiger partial charge in [0.05, 0.1) is 6.67 Å². The van der Waals surface area contributed by atoms with E-state index in [-0.39, 0.29) is 0 Å². The average molecular weight is 373 g/mol. The number of rotatable bonds is 4. The molecule has 4 nitrogen and oxygen atoms in total. The molecule has 0 bridgehead atoms. The van der Waals surface area contributed by atoms with E-state index in [9.17, 15) is 0 Å². The number of hydrogen-bond donors (Lipinski definition) is 4. The summed E-state index contributed by atoms with van der Waals surface area (Å²) in [5, 5.41) is 13.8. The van der Waals surface area contributed by atoms with E-state index in [1.807, 2.05) is 12.1 Å². The lowest BCUT2D eigenvalue weighted by Gasteiger charge is -2.17. The number of nitrogens with one attached hydrogen (secondary N) is 4. The Morgan fingerprint density at radius 1 is 0.680 bits per heavy atom. The second-order valence-corrected chi connectivity index (χ2v) is 6.79. The van der Waals surface area contributed by atoms with Crippen LogP contribution in [0.3, 0.4) is 0 Å². The summed E-state index contributed by atoms with van der Waals surface area (Å²) in [5.41, 5.74) is 6.70. The fourth-order valence-corrected chi connectivity index (χ4v) is 2.89. The van der Waals surface area contributed by atoms with Gasteiger partial charge < -0.3 is 21.3 Å². The third kappa shape index (κ3) is 5.41. The highest BCUT2D eigenvalue weighted by atomic mass is 32.1. The highest BCUT2D eigenvalue weighted by Crippen LogP contribution is 2.20. The van der Waals surface area contributed by atoms with Crippen LogP contribution in [0.15, 0.2) is 36.4 Å². The van der Waals surface area contributed by atoms with E-state index in [0.717, 1.165) is 33.6 Å². The van der Waals surface area contributed by atoms with Gasteiger partial charge in [0.2, 0.25) is 0 Å². The molecule has 0 spiro atoms. The number of thiocarbonyl (C=S) groups is 2. The summed E-state index contributed by atoms with van der Waals surface area (Å²) in [6.45, 7) is 8.66. The number of hydrogen-bond acceptors (Lipinski definition) is 2. The van der Waals surface area contributed by atoms with Crippen molar-refractivity contribution in [3.05, 3.63) is 58.7 Å². The molecule has 0 amide bonds. The first kappa shape index (κ1) is 19.1. The summed E-state index contributed by atoms with van der Waals surface area (Å²) in [6.07, 6.45) is 0. The Labute approximate surface area is 160 Å². The van der Waals surface area contributed by atoms with Crippen molar-refractivity contribution in [3.63, 3.8) is 0 Å². The van der Waals surface area contributed by atoms with Crippen LogP contribution in [0.1, 0.15) is 22.3 Å². The fourth-order valence-electron chi connectivity index (χ4n) is 2.54. The summed E-state index contributed by atoms with van der Waals surface area (Å²) in [4.78, 5) is 0. The van der Waals surface area contributed by atoms with Gasteiger partial charge in [-0.15, -0.1) is 0 Å². The second kappa shape index (κ2) is 8.78. The van der Waals surface area contributed by atoms with Crippen LogP contribution in [0.5, 0.6) is 0 Å². The minimum atomic E-state index is 0.438. The Kier molecular flexibility index (Phi) is 6.73. The van der Waals surface area contributed by atoms with Gasteiger partial charge in [-0.05, 0) is 74.4 Å². The molecule has 0 saturated carbocycles. The van der Waals surface area contributed by atoms with Crippen LogP contribution in [-0.4, -0.2) is 16.9 Å². The Hall–Kier alpha value is -2.18. The molecule has 6 heteroatoms. The Morgan fingerprint density at radius 2 is 1.00 bits per heavy atom. The van der Waals surface area contributed by atoms with Crippen LogP contribution in [0, 0.1) is 27.7 Å². The molecule has 2 aromatic rings. The third-order valence-corrected chi connectivity index (χ3v) is 4.43. The largest absolute Gasteiger partial charge is 0.345 e. The Morgan fingerprint density at radius 3 is 1.32 bits per heavy atom.